The van der Waals surface area contributed by atoms with E-state index in [4.69, 9.17) is 23.7 Å². The minimum Gasteiger partial charge on any atom is -0.469 e. The molecule has 0 amide bonds. The predicted octanol–water partition coefficient (Wildman–Crippen LogP) is 10.8. The maximum absolute atomic E-state index is 10.3. The van der Waals surface area contributed by atoms with Crippen LogP contribution in [-0.4, -0.2) is 93.7 Å². The summed E-state index contributed by atoms with van der Waals surface area (Å²) in [5.74, 6) is -0.287. The normalized spacial score (nSPS) is 8.72. The van der Waals surface area contributed by atoms with Gasteiger partial charge in [0, 0.05) is 68.7 Å². The fourth-order valence-electron chi connectivity index (χ4n) is 2.08. The number of ether oxygens (including phenoxy) is 7. The average molecular weight is 681 g/mol. The van der Waals surface area contributed by atoms with Gasteiger partial charge in [-0.2, -0.15) is 0 Å². The van der Waals surface area contributed by atoms with Crippen molar-refractivity contribution in [1.29, 1.82) is 0 Å². The lowest BCUT2D eigenvalue weighted by Gasteiger charge is -2.05. The van der Waals surface area contributed by atoms with Crippen LogP contribution in [-0.2, 0) is 42.7 Å². The Balaban J connectivity index is -0.0000000349. The Morgan fingerprint density at radius 1 is 0.522 bits per heavy atom. The molecule has 9 heteroatoms. The van der Waals surface area contributed by atoms with Crippen LogP contribution >= 0.6 is 0 Å². The maximum atomic E-state index is 10.3. The Labute approximate surface area is 292 Å². The van der Waals surface area contributed by atoms with E-state index in [2.05, 4.69) is 37.2 Å². The van der Waals surface area contributed by atoms with Gasteiger partial charge in [0.05, 0.1) is 26.4 Å². The van der Waals surface area contributed by atoms with Gasteiger partial charge in [-0.15, -0.1) is 0 Å². The monoisotopic (exact) mass is 681 g/mol. The molecular formula is C37H92O9. The molecule has 0 radical (unpaired) electrons. The fourth-order valence-corrected chi connectivity index (χ4v) is 2.08. The average Bonchev–Trinajstić information content (AvgIpc) is 2.97. The second-order valence-electron chi connectivity index (χ2n) is 8.91. The molecule has 0 bridgehead atoms. The van der Waals surface area contributed by atoms with Crippen LogP contribution in [0.5, 0.6) is 0 Å². The summed E-state index contributed by atoms with van der Waals surface area (Å²) < 4.78 is 33.0. The smallest absolute Gasteiger partial charge is 0.305 e. The molecule has 1 atom stereocenters. The molecule has 0 saturated carbocycles. The molecule has 9 nitrogen and oxygen atoms in total. The molecule has 0 spiro atoms. The van der Waals surface area contributed by atoms with Crippen LogP contribution in [0.4, 0.5) is 0 Å². The maximum Gasteiger partial charge on any atom is 0.305 e. The Morgan fingerprint density at radius 3 is 1.11 bits per heavy atom. The molecule has 0 saturated heterocycles. The van der Waals surface area contributed by atoms with Crippen molar-refractivity contribution in [2.75, 3.05) is 75.7 Å². The van der Waals surface area contributed by atoms with Crippen LogP contribution in [0.2, 0.25) is 0 Å². The Morgan fingerprint density at radius 2 is 0.891 bits per heavy atom. The third-order valence-corrected chi connectivity index (χ3v) is 4.68. The summed E-state index contributed by atoms with van der Waals surface area (Å²) in [6.45, 7) is 17.8. The molecule has 46 heavy (non-hydrogen) atoms. The highest BCUT2D eigenvalue weighted by molar-refractivity contribution is 5.68. The van der Waals surface area contributed by atoms with Gasteiger partial charge in [0.2, 0.25) is 0 Å². The van der Waals surface area contributed by atoms with Crippen molar-refractivity contribution in [3.8, 4) is 0 Å². The lowest BCUT2D eigenvalue weighted by molar-refractivity contribution is -0.141. The molecule has 0 aliphatic rings. The number of rotatable bonds is 18. The zero-order chi connectivity index (χ0) is 33.0. The van der Waals surface area contributed by atoms with Gasteiger partial charge in [0.1, 0.15) is 0 Å². The number of carbonyl (C=O) groups excluding carboxylic acids is 2. The van der Waals surface area contributed by atoms with Crippen molar-refractivity contribution < 1.29 is 42.7 Å². The highest BCUT2D eigenvalue weighted by Gasteiger charge is 1.95. The number of hydrogen-bond acceptors (Lipinski definition) is 9. The Bertz CT molecular complexity index is 414. The molecule has 0 N–H and O–H groups in total. The zero-order valence-electron chi connectivity index (χ0n) is 29.6. The molecule has 0 heterocycles. The molecule has 0 rings (SSSR count). The number of esters is 2. The molecule has 0 aromatic carbocycles. The van der Waals surface area contributed by atoms with Crippen LogP contribution in [0.25, 0.3) is 0 Å². The first-order chi connectivity index (χ1) is 19.6. The summed E-state index contributed by atoms with van der Waals surface area (Å²) in [7, 11) is 9.86. The van der Waals surface area contributed by atoms with Crippen molar-refractivity contribution >= 4 is 11.9 Å². The second-order valence-corrected chi connectivity index (χ2v) is 8.91. The minimum absolute atomic E-state index is 0. The van der Waals surface area contributed by atoms with Crippen LogP contribution in [0.15, 0.2) is 0 Å². The van der Waals surface area contributed by atoms with E-state index in [0.717, 1.165) is 51.9 Å². The molecule has 0 aromatic rings. The Kier molecular flexibility index (Phi) is 138. The van der Waals surface area contributed by atoms with Gasteiger partial charge >= 0.3 is 11.9 Å². The molecule has 0 fully saturated rings. The van der Waals surface area contributed by atoms with Crippen LogP contribution in [0.3, 0.4) is 0 Å². The quantitative estimate of drug-likeness (QED) is 0.103. The fraction of sp³-hybridized carbons (Fsp3) is 0.946. The molecule has 0 aliphatic heterocycles. The van der Waals surface area contributed by atoms with Gasteiger partial charge in [-0.1, -0.05) is 110 Å². The van der Waals surface area contributed by atoms with Crippen LogP contribution in [0, 0.1) is 0 Å². The van der Waals surface area contributed by atoms with Crippen molar-refractivity contribution in [2.45, 2.75) is 162 Å². The number of unbranched alkanes of at least 4 members (excludes halogenated alkanes) is 5. The SMILES string of the molecule is C.C.C.C.C.CCCCC.CCCCC(=O)OC.CCCCOC.CCCCOC(C)=O.COCC(C)OC.COCCCOC. The molecule has 1 unspecified atom stereocenters. The van der Waals surface area contributed by atoms with Gasteiger partial charge in [-0.05, 0) is 32.6 Å². The van der Waals surface area contributed by atoms with Gasteiger partial charge in [0.15, 0.2) is 0 Å². The van der Waals surface area contributed by atoms with Crippen molar-refractivity contribution in [3.05, 3.63) is 0 Å². The second kappa shape index (κ2) is 84.6. The third kappa shape index (κ3) is 132. The van der Waals surface area contributed by atoms with E-state index in [1.54, 1.807) is 35.5 Å². The lowest BCUT2D eigenvalue weighted by atomic mass is 10.3. The standard InChI is InChI=1S/2C6H12O2.2C5H12O2.C5H12O.C5H12.5CH4/c1-3-4-5-6(7)8-2;1-3-4-5-8-6(2)7;1-5(7-3)4-6-2;1-6-4-3-5-7-2;1-3-4-5-6-2;1-3-5-4-2;;;;;/h2*3-5H2,1-2H3;5H,4H2,1-3H3;3-5H2,1-2H3;3-5H2,1-2H3;3-5H2,1-2H3;5*1H4. The first-order valence-electron chi connectivity index (χ1n) is 15.3. The topological polar surface area (TPSA) is 98.8 Å². The van der Waals surface area contributed by atoms with E-state index in [-0.39, 0.29) is 55.2 Å². The zero-order valence-corrected chi connectivity index (χ0v) is 29.6. The molecular weight excluding hydrogens is 588 g/mol. The summed E-state index contributed by atoms with van der Waals surface area (Å²) in [6.07, 6.45) is 12.3. The molecule has 294 valence electrons. The number of methoxy groups -OCH3 is 6. The van der Waals surface area contributed by atoms with Gasteiger partial charge in [-0.25, -0.2) is 0 Å². The summed E-state index contributed by atoms with van der Waals surface area (Å²) >= 11 is 0. The van der Waals surface area contributed by atoms with E-state index < -0.39 is 0 Å². The van der Waals surface area contributed by atoms with E-state index in [1.165, 1.54) is 46.1 Å². The first-order valence-corrected chi connectivity index (χ1v) is 15.3. The summed E-state index contributed by atoms with van der Waals surface area (Å²) in [5, 5.41) is 0. The summed E-state index contributed by atoms with van der Waals surface area (Å²) in [6, 6.07) is 0. The number of carbonyl (C=O) groups is 2. The van der Waals surface area contributed by atoms with Gasteiger partial charge in [-0.3, -0.25) is 9.59 Å². The van der Waals surface area contributed by atoms with Crippen LogP contribution < -0.4 is 0 Å². The first kappa shape index (κ1) is 75.2. The van der Waals surface area contributed by atoms with Crippen molar-refractivity contribution in [1.82, 2.24) is 0 Å². The van der Waals surface area contributed by atoms with Crippen LogP contribution in [0.1, 0.15) is 156 Å². The lowest BCUT2D eigenvalue weighted by Crippen LogP contribution is -2.11. The Hall–Kier alpha value is -1.26. The number of hydrogen-bond donors (Lipinski definition) is 0. The van der Waals surface area contributed by atoms with E-state index in [0.29, 0.717) is 19.6 Å². The highest BCUT2D eigenvalue weighted by atomic mass is 16.5. The van der Waals surface area contributed by atoms with E-state index in [9.17, 15) is 9.59 Å². The third-order valence-electron chi connectivity index (χ3n) is 4.68. The van der Waals surface area contributed by atoms with Crippen molar-refractivity contribution in [3.63, 3.8) is 0 Å². The molecule has 0 aliphatic carbocycles. The summed E-state index contributed by atoms with van der Waals surface area (Å²) in [5.41, 5.74) is 0. The predicted molar refractivity (Wildman–Crippen MR) is 205 cm³/mol. The largest absolute Gasteiger partial charge is 0.469 e. The minimum atomic E-state index is -0.182. The van der Waals surface area contributed by atoms with Gasteiger partial charge in [0.25, 0.3) is 0 Å². The van der Waals surface area contributed by atoms with Gasteiger partial charge < -0.3 is 33.2 Å². The summed E-state index contributed by atoms with van der Waals surface area (Å²) in [4.78, 5) is 20.4. The van der Waals surface area contributed by atoms with E-state index in [1.807, 2.05) is 13.8 Å². The molecule has 0 aromatic heterocycles. The highest BCUT2D eigenvalue weighted by Crippen LogP contribution is 1.94. The van der Waals surface area contributed by atoms with E-state index >= 15 is 0 Å². The van der Waals surface area contributed by atoms with Crippen molar-refractivity contribution in [2.24, 2.45) is 0 Å².